The van der Waals surface area contributed by atoms with Crippen LogP contribution in [0.15, 0.2) is 24.3 Å². The van der Waals surface area contributed by atoms with Gasteiger partial charge in [-0.1, -0.05) is 24.3 Å². The van der Waals surface area contributed by atoms with Crippen molar-refractivity contribution >= 4 is 18.5 Å². The first kappa shape index (κ1) is 20.0. The third-order valence-electron chi connectivity index (χ3n) is 6.97. The van der Waals surface area contributed by atoms with Crippen LogP contribution in [-0.4, -0.2) is 0 Å². The van der Waals surface area contributed by atoms with Crippen LogP contribution in [0.1, 0.15) is 68.7 Å². The summed E-state index contributed by atoms with van der Waals surface area (Å²) in [7, 11) is 6.34. The van der Waals surface area contributed by atoms with Crippen LogP contribution in [0.4, 0.5) is 0 Å². The third-order valence-corrected chi connectivity index (χ3v) is 8.73. The van der Waals surface area contributed by atoms with Crippen LogP contribution in [0.5, 0.6) is 0 Å². The van der Waals surface area contributed by atoms with Crippen LogP contribution in [0.2, 0.25) is 0 Å². The Morgan fingerprint density at radius 1 is 0.615 bits per heavy atom. The minimum Gasteiger partial charge on any atom is -0.129 e. The molecular formula is C24H34P2. The van der Waals surface area contributed by atoms with E-state index in [0.717, 1.165) is 11.8 Å². The van der Waals surface area contributed by atoms with E-state index in [1.54, 1.807) is 0 Å². The van der Waals surface area contributed by atoms with E-state index < -0.39 is 0 Å². The lowest BCUT2D eigenvalue weighted by Gasteiger charge is -2.44. The van der Waals surface area contributed by atoms with Crippen molar-refractivity contribution in [2.75, 3.05) is 0 Å². The molecule has 2 heteroatoms. The molecule has 2 aromatic rings. The SMILES string of the molecule is Cc1cc(C(P)[C@@H]2CC[C@H]2C(P)c2cc(C)c(C)c(C)c2)cc(C)c1C. The third kappa shape index (κ3) is 3.66. The maximum atomic E-state index is 3.17. The van der Waals surface area contributed by atoms with Crippen molar-refractivity contribution in [3.8, 4) is 0 Å². The second kappa shape index (κ2) is 7.73. The van der Waals surface area contributed by atoms with Gasteiger partial charge in [-0.05, 0) is 111 Å². The maximum Gasteiger partial charge on any atom is 0.00168 e. The Hall–Kier alpha value is -0.700. The number of hydrogen-bond acceptors (Lipinski definition) is 0. The van der Waals surface area contributed by atoms with E-state index >= 15 is 0 Å². The molecule has 0 N–H and O–H groups in total. The van der Waals surface area contributed by atoms with Crippen LogP contribution < -0.4 is 0 Å². The molecule has 0 spiro atoms. The molecule has 26 heavy (non-hydrogen) atoms. The molecular weight excluding hydrogens is 350 g/mol. The van der Waals surface area contributed by atoms with E-state index in [4.69, 9.17) is 0 Å². The van der Waals surface area contributed by atoms with Crippen molar-refractivity contribution in [3.63, 3.8) is 0 Å². The predicted molar refractivity (Wildman–Crippen MR) is 122 cm³/mol. The molecule has 3 rings (SSSR count). The van der Waals surface area contributed by atoms with E-state index in [-0.39, 0.29) is 0 Å². The molecule has 1 aliphatic rings. The van der Waals surface area contributed by atoms with Crippen molar-refractivity contribution in [2.24, 2.45) is 11.8 Å². The number of benzene rings is 2. The number of aryl methyl sites for hydroxylation is 4. The number of hydrogen-bond donors (Lipinski definition) is 0. The summed E-state index contributed by atoms with van der Waals surface area (Å²) in [4.78, 5) is 0. The Labute approximate surface area is 165 Å². The standard InChI is InChI=1S/C24H34P2/c1-13-9-19(10-14(2)17(13)5)23(25)21-7-8-22(21)24(26)20-11-15(3)18(6)16(4)12-20/h9-12,21-24H,7-8,25-26H2,1-6H3/t21-,22-,23?,24?/m1/s1. The van der Waals surface area contributed by atoms with Gasteiger partial charge in [-0.15, -0.1) is 18.5 Å². The maximum absolute atomic E-state index is 3.17. The Bertz CT molecular complexity index is 705. The molecule has 0 aliphatic heterocycles. The number of rotatable bonds is 4. The molecule has 4 unspecified atom stereocenters. The topological polar surface area (TPSA) is 0 Å². The predicted octanol–water partition coefficient (Wildman–Crippen LogP) is 7.10. The average molecular weight is 384 g/mol. The highest BCUT2D eigenvalue weighted by Gasteiger charge is 2.39. The lowest BCUT2D eigenvalue weighted by atomic mass is 9.67. The van der Waals surface area contributed by atoms with Gasteiger partial charge >= 0.3 is 0 Å². The second-order valence-electron chi connectivity index (χ2n) is 8.52. The van der Waals surface area contributed by atoms with E-state index in [1.807, 2.05) is 0 Å². The van der Waals surface area contributed by atoms with E-state index in [2.05, 4.69) is 84.3 Å². The molecule has 1 saturated carbocycles. The molecule has 2 aromatic carbocycles. The van der Waals surface area contributed by atoms with Gasteiger partial charge in [-0.2, -0.15) is 0 Å². The Morgan fingerprint density at radius 2 is 0.885 bits per heavy atom. The van der Waals surface area contributed by atoms with Crippen molar-refractivity contribution in [3.05, 3.63) is 68.8 Å². The Morgan fingerprint density at radius 3 is 1.12 bits per heavy atom. The molecule has 6 atom stereocenters. The van der Waals surface area contributed by atoms with Gasteiger partial charge in [-0.3, -0.25) is 0 Å². The van der Waals surface area contributed by atoms with Crippen molar-refractivity contribution < 1.29 is 0 Å². The van der Waals surface area contributed by atoms with Crippen molar-refractivity contribution in [2.45, 2.75) is 65.7 Å². The molecule has 0 amide bonds. The van der Waals surface area contributed by atoms with Crippen LogP contribution in [-0.2, 0) is 0 Å². The quantitative estimate of drug-likeness (QED) is 0.493. The van der Waals surface area contributed by atoms with Crippen LogP contribution in [0.3, 0.4) is 0 Å². The highest BCUT2D eigenvalue weighted by atomic mass is 31.0. The highest BCUT2D eigenvalue weighted by molar-refractivity contribution is 7.17. The molecule has 0 radical (unpaired) electrons. The van der Waals surface area contributed by atoms with Crippen LogP contribution >= 0.6 is 18.5 Å². The van der Waals surface area contributed by atoms with E-state index in [0.29, 0.717) is 11.3 Å². The zero-order valence-corrected chi connectivity index (χ0v) is 19.5. The average Bonchev–Trinajstić information content (AvgIpc) is 2.55. The molecule has 140 valence electrons. The molecule has 0 aromatic heterocycles. The van der Waals surface area contributed by atoms with Gasteiger partial charge in [0.2, 0.25) is 0 Å². The smallest absolute Gasteiger partial charge is 0.00168 e. The monoisotopic (exact) mass is 384 g/mol. The Kier molecular flexibility index (Phi) is 5.96. The van der Waals surface area contributed by atoms with E-state index in [1.165, 1.54) is 57.3 Å². The highest BCUT2D eigenvalue weighted by Crippen LogP contribution is 2.55. The molecule has 1 fully saturated rings. The summed E-state index contributed by atoms with van der Waals surface area (Å²) in [6.45, 7) is 13.5. The van der Waals surface area contributed by atoms with Crippen LogP contribution in [0, 0.1) is 53.4 Å². The summed E-state index contributed by atoms with van der Waals surface area (Å²) in [6.07, 6.45) is 2.69. The normalized spacial score (nSPS) is 22.0. The summed E-state index contributed by atoms with van der Waals surface area (Å²) >= 11 is 0. The van der Waals surface area contributed by atoms with Gasteiger partial charge in [0, 0.05) is 11.3 Å². The largest absolute Gasteiger partial charge is 0.129 e. The molecule has 0 saturated heterocycles. The van der Waals surface area contributed by atoms with Crippen molar-refractivity contribution in [1.29, 1.82) is 0 Å². The Balaban J connectivity index is 1.83. The van der Waals surface area contributed by atoms with Crippen molar-refractivity contribution in [1.82, 2.24) is 0 Å². The lowest BCUT2D eigenvalue weighted by Crippen LogP contribution is -2.32. The first-order valence-electron chi connectivity index (χ1n) is 9.87. The fourth-order valence-electron chi connectivity index (χ4n) is 4.46. The molecule has 0 heterocycles. The fourth-order valence-corrected chi connectivity index (χ4v) is 5.80. The van der Waals surface area contributed by atoms with Gasteiger partial charge in [0.15, 0.2) is 0 Å². The van der Waals surface area contributed by atoms with Gasteiger partial charge < -0.3 is 0 Å². The molecule has 0 bridgehead atoms. The first-order valence-corrected chi connectivity index (χ1v) is 11.2. The molecule has 0 nitrogen and oxygen atoms in total. The van der Waals surface area contributed by atoms with Crippen LogP contribution in [0.25, 0.3) is 0 Å². The lowest BCUT2D eigenvalue weighted by molar-refractivity contribution is 0.167. The fraction of sp³-hybridized carbons (Fsp3) is 0.500. The van der Waals surface area contributed by atoms with Gasteiger partial charge in [0.25, 0.3) is 0 Å². The summed E-state index contributed by atoms with van der Waals surface area (Å²) in [6, 6.07) is 9.64. The minimum atomic E-state index is 0.558. The minimum absolute atomic E-state index is 0.558. The molecule has 1 aliphatic carbocycles. The summed E-state index contributed by atoms with van der Waals surface area (Å²) in [5, 5.41) is 0. The summed E-state index contributed by atoms with van der Waals surface area (Å²) in [5.74, 6) is 1.51. The second-order valence-corrected chi connectivity index (χ2v) is 9.95. The van der Waals surface area contributed by atoms with Gasteiger partial charge in [0.1, 0.15) is 0 Å². The van der Waals surface area contributed by atoms with E-state index in [9.17, 15) is 0 Å². The van der Waals surface area contributed by atoms with Gasteiger partial charge in [-0.25, -0.2) is 0 Å². The summed E-state index contributed by atoms with van der Waals surface area (Å²) < 4.78 is 0. The zero-order valence-electron chi connectivity index (χ0n) is 17.2. The summed E-state index contributed by atoms with van der Waals surface area (Å²) in [5.41, 5.74) is 12.7. The van der Waals surface area contributed by atoms with Gasteiger partial charge in [0.05, 0.1) is 0 Å². The zero-order chi connectivity index (χ0) is 19.2. The first-order chi connectivity index (χ1) is 12.2.